The highest BCUT2D eigenvalue weighted by Gasteiger charge is 2.28. The highest BCUT2D eigenvalue weighted by atomic mass is 32.1. The fraction of sp³-hybridized carbons (Fsp3) is 0.941. The molecule has 7 nitrogen and oxygen atoms in total. The van der Waals surface area contributed by atoms with Crippen molar-refractivity contribution >= 4 is 18.5 Å². The van der Waals surface area contributed by atoms with Crippen LogP contribution in [0, 0.1) is 5.92 Å². The van der Waals surface area contributed by atoms with Crippen LogP contribution in [0.5, 0.6) is 0 Å². The summed E-state index contributed by atoms with van der Waals surface area (Å²) in [7, 11) is 0. The van der Waals surface area contributed by atoms with Gasteiger partial charge in [0.1, 0.15) is 0 Å². The Morgan fingerprint density at radius 3 is 2.76 bits per heavy atom. The molecule has 146 valence electrons. The zero-order chi connectivity index (χ0) is 18.2. The van der Waals surface area contributed by atoms with Crippen LogP contribution >= 0.6 is 12.6 Å². The fourth-order valence-electron chi connectivity index (χ4n) is 3.75. The molecule has 1 saturated heterocycles. The number of hydrogen-bond donors (Lipinski definition) is 6. The molecule has 7 N–H and O–H groups in total. The van der Waals surface area contributed by atoms with E-state index < -0.39 is 12.1 Å². The number of thiol groups is 1. The maximum absolute atomic E-state index is 12.3. The molecule has 1 aliphatic carbocycles. The van der Waals surface area contributed by atoms with Crippen molar-refractivity contribution in [2.24, 2.45) is 17.4 Å². The van der Waals surface area contributed by atoms with E-state index in [4.69, 9.17) is 11.5 Å². The molecule has 0 aromatic carbocycles. The minimum absolute atomic E-state index is 0.0649. The summed E-state index contributed by atoms with van der Waals surface area (Å²) in [6.45, 7) is 3.05. The van der Waals surface area contributed by atoms with Gasteiger partial charge in [-0.05, 0) is 38.1 Å². The molecule has 8 heteroatoms. The second-order valence-electron chi connectivity index (χ2n) is 7.53. The molecule has 1 heterocycles. The van der Waals surface area contributed by atoms with E-state index in [1.807, 2.05) is 0 Å². The van der Waals surface area contributed by atoms with Crippen LogP contribution in [0.2, 0.25) is 0 Å². The summed E-state index contributed by atoms with van der Waals surface area (Å²) in [5, 5.41) is 15.0. The lowest BCUT2D eigenvalue weighted by molar-refractivity contribution is -0.123. The minimum atomic E-state index is -0.727. The van der Waals surface area contributed by atoms with Crippen molar-refractivity contribution in [1.29, 1.82) is 0 Å². The number of nitrogens with zero attached hydrogens (tertiary/aromatic N) is 1. The van der Waals surface area contributed by atoms with Gasteiger partial charge in [0.05, 0.1) is 18.2 Å². The zero-order valence-electron chi connectivity index (χ0n) is 15.1. The summed E-state index contributed by atoms with van der Waals surface area (Å²) in [4.78, 5) is 12.3. The van der Waals surface area contributed by atoms with Crippen LogP contribution < -0.4 is 22.2 Å². The standard InChI is InChI=1S/C17H35N5O2S/c18-7-6-16(25)15(23)8-14(19)17(24)21-13-9-20-22(11-13)10-12-4-2-1-3-5-12/h12-16,20,23,25H,1-11,18-19H2,(H,21,24). The lowest BCUT2D eigenvalue weighted by atomic mass is 9.89. The summed E-state index contributed by atoms with van der Waals surface area (Å²) in [5.41, 5.74) is 14.8. The van der Waals surface area contributed by atoms with Crippen LogP contribution in [-0.2, 0) is 4.79 Å². The smallest absolute Gasteiger partial charge is 0.237 e. The topological polar surface area (TPSA) is 117 Å². The van der Waals surface area contributed by atoms with Gasteiger partial charge in [-0.15, -0.1) is 0 Å². The maximum Gasteiger partial charge on any atom is 0.237 e. The number of aliphatic hydroxyl groups is 1. The fourth-order valence-corrected chi connectivity index (χ4v) is 4.02. The second-order valence-corrected chi connectivity index (χ2v) is 8.19. The molecule has 2 rings (SSSR count). The lowest BCUT2D eigenvalue weighted by Crippen LogP contribution is -2.49. The van der Waals surface area contributed by atoms with E-state index in [9.17, 15) is 9.90 Å². The van der Waals surface area contributed by atoms with E-state index in [0.717, 1.165) is 25.6 Å². The predicted molar refractivity (Wildman–Crippen MR) is 103 cm³/mol. The largest absolute Gasteiger partial charge is 0.392 e. The molecular weight excluding hydrogens is 338 g/mol. The van der Waals surface area contributed by atoms with Crippen LogP contribution in [0.3, 0.4) is 0 Å². The maximum atomic E-state index is 12.3. The molecule has 1 aliphatic heterocycles. The molecule has 2 fully saturated rings. The van der Waals surface area contributed by atoms with Crippen LogP contribution in [0.25, 0.3) is 0 Å². The van der Waals surface area contributed by atoms with Crippen molar-refractivity contribution < 1.29 is 9.90 Å². The van der Waals surface area contributed by atoms with E-state index in [1.54, 1.807) is 0 Å². The van der Waals surface area contributed by atoms with Crippen LogP contribution in [-0.4, -0.2) is 65.6 Å². The van der Waals surface area contributed by atoms with Gasteiger partial charge in [0.25, 0.3) is 0 Å². The molecule has 0 spiro atoms. The normalized spacial score (nSPS) is 26.3. The van der Waals surface area contributed by atoms with Crippen molar-refractivity contribution in [3.63, 3.8) is 0 Å². The minimum Gasteiger partial charge on any atom is -0.392 e. The predicted octanol–water partition coefficient (Wildman–Crippen LogP) is -0.403. The number of aliphatic hydroxyl groups excluding tert-OH is 1. The number of amides is 1. The summed E-state index contributed by atoms with van der Waals surface area (Å²) < 4.78 is 0. The van der Waals surface area contributed by atoms with E-state index in [2.05, 4.69) is 28.4 Å². The Labute approximate surface area is 156 Å². The number of carbonyl (C=O) groups excluding carboxylic acids is 1. The molecule has 0 aromatic heterocycles. The van der Waals surface area contributed by atoms with Gasteiger partial charge < -0.3 is 21.9 Å². The third kappa shape index (κ3) is 7.03. The molecule has 0 radical (unpaired) electrons. The zero-order valence-corrected chi connectivity index (χ0v) is 16.0. The van der Waals surface area contributed by atoms with Crippen LogP contribution in [0.1, 0.15) is 44.9 Å². The van der Waals surface area contributed by atoms with Gasteiger partial charge in [0.2, 0.25) is 5.91 Å². The lowest BCUT2D eigenvalue weighted by Gasteiger charge is -2.26. The molecule has 4 unspecified atom stereocenters. The molecule has 1 saturated carbocycles. The Bertz CT molecular complexity index is 408. The second kappa shape index (κ2) is 10.7. The van der Waals surface area contributed by atoms with Gasteiger partial charge in [-0.2, -0.15) is 12.6 Å². The first-order valence-corrected chi connectivity index (χ1v) is 10.1. The number of rotatable bonds is 9. The van der Waals surface area contributed by atoms with Gasteiger partial charge >= 0.3 is 0 Å². The molecule has 25 heavy (non-hydrogen) atoms. The number of carbonyl (C=O) groups is 1. The van der Waals surface area contributed by atoms with Crippen molar-refractivity contribution in [3.8, 4) is 0 Å². The van der Waals surface area contributed by atoms with E-state index >= 15 is 0 Å². The number of nitrogens with two attached hydrogens (primary N) is 2. The quantitative estimate of drug-likeness (QED) is 0.306. The highest BCUT2D eigenvalue weighted by molar-refractivity contribution is 7.81. The molecule has 0 aromatic rings. The first-order valence-electron chi connectivity index (χ1n) is 9.60. The third-order valence-electron chi connectivity index (χ3n) is 5.29. The summed E-state index contributed by atoms with van der Waals surface area (Å²) in [5.74, 6) is 0.557. The number of hydrazine groups is 1. The van der Waals surface area contributed by atoms with E-state index in [1.165, 1.54) is 32.1 Å². The van der Waals surface area contributed by atoms with Gasteiger partial charge in [-0.1, -0.05) is 19.3 Å². The summed E-state index contributed by atoms with van der Waals surface area (Å²) in [6.07, 6.45) is 6.74. The Hall–Kier alpha value is -0.380. The van der Waals surface area contributed by atoms with Gasteiger partial charge in [-0.25, -0.2) is 5.01 Å². The average Bonchev–Trinajstić information content (AvgIpc) is 3.02. The van der Waals surface area contributed by atoms with Crippen molar-refractivity contribution in [2.75, 3.05) is 26.2 Å². The third-order valence-corrected chi connectivity index (χ3v) is 5.89. The van der Waals surface area contributed by atoms with Crippen molar-refractivity contribution in [3.05, 3.63) is 0 Å². The number of nitrogens with one attached hydrogen (secondary N) is 2. The van der Waals surface area contributed by atoms with E-state index in [-0.39, 0.29) is 23.6 Å². The van der Waals surface area contributed by atoms with E-state index in [0.29, 0.717) is 13.0 Å². The monoisotopic (exact) mass is 373 g/mol. The molecule has 4 atom stereocenters. The molecule has 0 bridgehead atoms. The van der Waals surface area contributed by atoms with Crippen LogP contribution in [0.15, 0.2) is 0 Å². The van der Waals surface area contributed by atoms with Gasteiger partial charge in [0.15, 0.2) is 0 Å². The summed E-state index contributed by atoms with van der Waals surface area (Å²) >= 11 is 4.31. The SMILES string of the molecule is NCCC(S)C(O)CC(N)C(=O)NC1CNN(CC2CCCCC2)C1. The molecule has 2 aliphatic rings. The Morgan fingerprint density at radius 2 is 2.08 bits per heavy atom. The Balaban J connectivity index is 1.68. The highest BCUT2D eigenvalue weighted by Crippen LogP contribution is 2.24. The molecule has 1 amide bonds. The Kier molecular flexibility index (Phi) is 8.95. The molecular formula is C17H35N5O2S. The Morgan fingerprint density at radius 1 is 1.36 bits per heavy atom. The van der Waals surface area contributed by atoms with Gasteiger partial charge in [-0.3, -0.25) is 10.2 Å². The van der Waals surface area contributed by atoms with Crippen molar-refractivity contribution in [1.82, 2.24) is 15.8 Å². The van der Waals surface area contributed by atoms with Gasteiger partial charge in [0, 0.05) is 24.9 Å². The number of hydrogen-bond acceptors (Lipinski definition) is 7. The van der Waals surface area contributed by atoms with Crippen molar-refractivity contribution in [2.45, 2.75) is 68.4 Å². The average molecular weight is 374 g/mol. The first-order chi connectivity index (χ1) is 12.0. The van der Waals surface area contributed by atoms with Crippen LogP contribution in [0.4, 0.5) is 0 Å². The summed E-state index contributed by atoms with van der Waals surface area (Å²) in [6, 6.07) is -0.662. The first kappa shape index (κ1) is 20.9.